The molecular weight excluding hydrogens is 396 g/mol. The van der Waals surface area contributed by atoms with Crippen LogP contribution in [-0.4, -0.2) is 45.8 Å². The maximum Gasteiger partial charge on any atom is 0.268 e. The Morgan fingerprint density at radius 2 is 2.06 bits per heavy atom. The molecule has 1 aromatic carbocycles. The third-order valence-corrected chi connectivity index (χ3v) is 5.99. The second-order valence-electron chi connectivity index (χ2n) is 7.94. The molecule has 31 heavy (non-hydrogen) atoms. The van der Waals surface area contributed by atoms with Gasteiger partial charge in [-0.05, 0) is 55.3 Å². The number of carbonyl (C=O) groups is 3. The van der Waals surface area contributed by atoms with Crippen LogP contribution in [0.25, 0.3) is 11.3 Å². The SMILES string of the molecule is Cn1cccc1C(=O)N[C@@H]1CCN2C(=O)c3cc(-c4ccco4)ccc3NC(=O)[C@@H]2C1. The number of rotatable bonds is 3. The van der Waals surface area contributed by atoms with E-state index in [9.17, 15) is 14.4 Å². The smallest absolute Gasteiger partial charge is 0.268 e. The zero-order valence-electron chi connectivity index (χ0n) is 17.0. The van der Waals surface area contributed by atoms with Crippen molar-refractivity contribution in [2.75, 3.05) is 11.9 Å². The van der Waals surface area contributed by atoms with Crippen LogP contribution in [0.4, 0.5) is 5.69 Å². The predicted molar refractivity (Wildman–Crippen MR) is 113 cm³/mol. The first-order chi connectivity index (χ1) is 15.0. The average Bonchev–Trinajstić information content (AvgIpc) is 3.43. The van der Waals surface area contributed by atoms with Crippen molar-refractivity contribution in [3.63, 3.8) is 0 Å². The van der Waals surface area contributed by atoms with Crippen LogP contribution in [0.5, 0.6) is 0 Å². The van der Waals surface area contributed by atoms with Gasteiger partial charge in [0.05, 0.1) is 17.5 Å². The summed E-state index contributed by atoms with van der Waals surface area (Å²) in [5.41, 5.74) is 2.26. The van der Waals surface area contributed by atoms with Gasteiger partial charge < -0.3 is 24.5 Å². The van der Waals surface area contributed by atoms with Crippen molar-refractivity contribution in [1.29, 1.82) is 0 Å². The van der Waals surface area contributed by atoms with Crippen molar-refractivity contribution in [3.8, 4) is 11.3 Å². The van der Waals surface area contributed by atoms with Crippen molar-refractivity contribution in [2.45, 2.75) is 24.9 Å². The van der Waals surface area contributed by atoms with Gasteiger partial charge >= 0.3 is 0 Å². The summed E-state index contributed by atoms with van der Waals surface area (Å²) in [6.45, 7) is 0.388. The molecule has 158 valence electrons. The molecule has 1 saturated heterocycles. The molecule has 3 aromatic rings. The zero-order valence-corrected chi connectivity index (χ0v) is 17.0. The van der Waals surface area contributed by atoms with Gasteiger partial charge in [0, 0.05) is 31.4 Å². The maximum absolute atomic E-state index is 13.3. The summed E-state index contributed by atoms with van der Waals surface area (Å²) in [6.07, 6.45) is 4.34. The second-order valence-corrected chi connectivity index (χ2v) is 7.94. The Morgan fingerprint density at radius 1 is 1.19 bits per heavy atom. The molecule has 3 amide bonds. The quantitative estimate of drug-likeness (QED) is 0.683. The van der Waals surface area contributed by atoms with Gasteiger partial charge in [-0.15, -0.1) is 0 Å². The highest BCUT2D eigenvalue weighted by Gasteiger charge is 2.40. The molecular formula is C23H22N4O4. The first-order valence-corrected chi connectivity index (χ1v) is 10.2. The molecule has 1 fully saturated rings. The van der Waals surface area contributed by atoms with Crippen LogP contribution < -0.4 is 10.6 Å². The number of nitrogens with one attached hydrogen (secondary N) is 2. The molecule has 0 radical (unpaired) electrons. The number of fused-ring (bicyclic) bond motifs is 2. The Labute approximate surface area is 178 Å². The minimum atomic E-state index is -0.639. The monoisotopic (exact) mass is 418 g/mol. The fourth-order valence-electron chi connectivity index (χ4n) is 4.34. The molecule has 2 aliphatic heterocycles. The molecule has 2 N–H and O–H groups in total. The number of benzene rings is 1. The first kappa shape index (κ1) is 19.2. The van der Waals surface area contributed by atoms with E-state index in [1.165, 1.54) is 0 Å². The van der Waals surface area contributed by atoms with E-state index in [-0.39, 0.29) is 23.8 Å². The van der Waals surface area contributed by atoms with Gasteiger partial charge in [-0.1, -0.05) is 0 Å². The molecule has 8 nitrogen and oxygen atoms in total. The number of hydrogen-bond donors (Lipinski definition) is 2. The van der Waals surface area contributed by atoms with Gasteiger partial charge in [0.1, 0.15) is 17.5 Å². The molecule has 0 spiro atoms. The molecule has 2 aliphatic rings. The number of anilines is 1. The van der Waals surface area contributed by atoms with E-state index >= 15 is 0 Å². The summed E-state index contributed by atoms with van der Waals surface area (Å²) in [5.74, 6) is 0.0390. The van der Waals surface area contributed by atoms with E-state index in [1.54, 1.807) is 40.0 Å². The van der Waals surface area contributed by atoms with Gasteiger partial charge in [-0.2, -0.15) is 0 Å². The predicted octanol–water partition coefficient (Wildman–Crippen LogP) is 2.64. The second kappa shape index (κ2) is 7.46. The van der Waals surface area contributed by atoms with Crippen LogP contribution in [0, 0.1) is 0 Å². The number of aromatic nitrogens is 1. The molecule has 0 aliphatic carbocycles. The summed E-state index contributed by atoms with van der Waals surface area (Å²) in [5, 5.41) is 5.90. The number of aryl methyl sites for hydroxylation is 1. The topological polar surface area (TPSA) is 96.6 Å². The Kier molecular flexibility index (Phi) is 4.62. The molecule has 4 heterocycles. The number of furan rings is 1. The normalized spacial score (nSPS) is 20.5. The lowest BCUT2D eigenvalue weighted by Gasteiger charge is -2.37. The Morgan fingerprint density at radius 3 is 2.81 bits per heavy atom. The Hall–Kier alpha value is -3.81. The standard InChI is InChI=1S/C23H22N4O4/c1-26-9-2-4-18(26)21(28)24-15-8-10-27-19(13-15)22(29)25-17-7-6-14(12-16(17)23(27)30)20-5-3-11-31-20/h2-7,9,11-12,15,19H,8,10,13H2,1H3,(H,24,28)(H,25,29)/t15-,19+/m1/s1. The van der Waals surface area contributed by atoms with Crippen LogP contribution in [0.1, 0.15) is 33.7 Å². The Balaban J connectivity index is 1.37. The van der Waals surface area contributed by atoms with Crippen LogP contribution in [0.3, 0.4) is 0 Å². The molecule has 2 aromatic heterocycles. The summed E-state index contributed by atoms with van der Waals surface area (Å²) in [4.78, 5) is 40.4. The fourth-order valence-corrected chi connectivity index (χ4v) is 4.34. The number of amides is 3. The van der Waals surface area contributed by atoms with Gasteiger partial charge in [-0.25, -0.2) is 0 Å². The van der Waals surface area contributed by atoms with Crippen LogP contribution in [0.15, 0.2) is 59.3 Å². The van der Waals surface area contributed by atoms with E-state index in [0.29, 0.717) is 42.1 Å². The Bertz CT molecular complexity index is 1160. The summed E-state index contributed by atoms with van der Waals surface area (Å²) in [6, 6.07) is 11.6. The van der Waals surface area contributed by atoms with Crippen molar-refractivity contribution >= 4 is 23.4 Å². The van der Waals surface area contributed by atoms with Gasteiger partial charge in [0.15, 0.2) is 0 Å². The van der Waals surface area contributed by atoms with Gasteiger partial charge in [-0.3, -0.25) is 14.4 Å². The average molecular weight is 418 g/mol. The molecule has 5 rings (SSSR count). The minimum absolute atomic E-state index is 0.183. The highest BCUT2D eigenvalue weighted by Crippen LogP contribution is 2.32. The van der Waals surface area contributed by atoms with Crippen molar-refractivity contribution in [2.24, 2.45) is 7.05 Å². The highest BCUT2D eigenvalue weighted by molar-refractivity contribution is 6.10. The fraction of sp³-hybridized carbons (Fsp3) is 0.261. The van der Waals surface area contributed by atoms with Crippen molar-refractivity contribution < 1.29 is 18.8 Å². The van der Waals surface area contributed by atoms with Crippen LogP contribution in [-0.2, 0) is 11.8 Å². The summed E-state index contributed by atoms with van der Waals surface area (Å²) >= 11 is 0. The van der Waals surface area contributed by atoms with Crippen LogP contribution in [0.2, 0.25) is 0 Å². The van der Waals surface area contributed by atoms with Crippen molar-refractivity contribution in [1.82, 2.24) is 14.8 Å². The maximum atomic E-state index is 13.3. The van der Waals surface area contributed by atoms with Gasteiger partial charge in [0.2, 0.25) is 5.91 Å². The number of piperidine rings is 1. The van der Waals surface area contributed by atoms with Crippen LogP contribution >= 0.6 is 0 Å². The minimum Gasteiger partial charge on any atom is -0.464 e. The first-order valence-electron chi connectivity index (χ1n) is 10.2. The van der Waals surface area contributed by atoms with Crippen molar-refractivity contribution in [3.05, 3.63) is 66.2 Å². The summed E-state index contributed by atoms with van der Waals surface area (Å²) < 4.78 is 7.19. The lowest BCUT2D eigenvalue weighted by atomic mass is 9.96. The summed E-state index contributed by atoms with van der Waals surface area (Å²) in [7, 11) is 1.81. The highest BCUT2D eigenvalue weighted by atomic mass is 16.3. The van der Waals surface area contributed by atoms with E-state index in [4.69, 9.17) is 4.42 Å². The third kappa shape index (κ3) is 3.39. The number of carbonyl (C=O) groups excluding carboxylic acids is 3. The number of hydrogen-bond acceptors (Lipinski definition) is 4. The molecule has 0 unspecified atom stereocenters. The molecule has 2 atom stereocenters. The van der Waals surface area contributed by atoms with E-state index < -0.39 is 6.04 Å². The zero-order chi connectivity index (χ0) is 21.5. The van der Waals surface area contributed by atoms with E-state index in [2.05, 4.69) is 10.6 Å². The van der Waals surface area contributed by atoms with E-state index in [1.807, 2.05) is 31.4 Å². The van der Waals surface area contributed by atoms with Gasteiger partial charge in [0.25, 0.3) is 11.8 Å². The third-order valence-electron chi connectivity index (χ3n) is 5.99. The molecule has 0 bridgehead atoms. The lowest BCUT2D eigenvalue weighted by molar-refractivity contribution is -0.121. The van der Waals surface area contributed by atoms with E-state index in [0.717, 1.165) is 5.56 Å². The molecule has 8 heteroatoms. The molecule has 0 saturated carbocycles. The lowest BCUT2D eigenvalue weighted by Crippen LogP contribution is -2.55. The largest absolute Gasteiger partial charge is 0.464 e. The number of nitrogens with zero attached hydrogens (tertiary/aromatic N) is 2.